The summed E-state index contributed by atoms with van der Waals surface area (Å²) in [5, 5.41) is 23.8. The number of nitro groups is 1. The van der Waals surface area contributed by atoms with E-state index < -0.39 is 10.8 Å². The summed E-state index contributed by atoms with van der Waals surface area (Å²) in [6, 6.07) is 15.6. The lowest BCUT2D eigenvalue weighted by Crippen LogP contribution is -2.12. The van der Waals surface area contributed by atoms with E-state index in [9.17, 15) is 20.0 Å². The monoisotopic (exact) mass is 402 g/mol. The Morgan fingerprint density at radius 2 is 1.70 bits per heavy atom. The molecule has 0 aliphatic rings. The molecule has 0 saturated carbocycles. The summed E-state index contributed by atoms with van der Waals surface area (Å²) >= 11 is 12.3. The summed E-state index contributed by atoms with van der Waals surface area (Å²) < 4.78 is 0. The molecule has 0 fully saturated rings. The van der Waals surface area contributed by atoms with E-state index in [4.69, 9.17) is 23.2 Å². The van der Waals surface area contributed by atoms with Crippen LogP contribution in [0.15, 0.2) is 60.7 Å². The minimum atomic E-state index is -0.648. The fourth-order valence-electron chi connectivity index (χ4n) is 2.49. The number of hydrogen-bond donors (Lipinski definition) is 2. The predicted molar refractivity (Wildman–Crippen MR) is 105 cm³/mol. The number of halogens is 2. The van der Waals surface area contributed by atoms with Crippen molar-refractivity contribution in [1.29, 1.82) is 0 Å². The zero-order chi connectivity index (χ0) is 19.6. The van der Waals surface area contributed by atoms with Gasteiger partial charge >= 0.3 is 0 Å². The number of amides is 1. The van der Waals surface area contributed by atoms with Gasteiger partial charge in [0.2, 0.25) is 0 Å². The number of nitro benzene ring substituents is 1. The number of non-ortho nitro benzene ring substituents is 1. The van der Waals surface area contributed by atoms with Crippen molar-refractivity contribution in [3.05, 3.63) is 86.4 Å². The van der Waals surface area contributed by atoms with Crippen molar-refractivity contribution >= 4 is 40.5 Å². The van der Waals surface area contributed by atoms with Gasteiger partial charge in [0.15, 0.2) is 0 Å². The summed E-state index contributed by atoms with van der Waals surface area (Å²) in [5.74, 6) is -0.904. The van der Waals surface area contributed by atoms with E-state index in [1.807, 2.05) is 30.3 Å². The molecule has 0 aliphatic carbocycles. The highest BCUT2D eigenvalue weighted by atomic mass is 35.5. The molecular formula is C19H12Cl2N2O4. The van der Waals surface area contributed by atoms with Crippen molar-refractivity contribution in [2.75, 3.05) is 5.32 Å². The van der Waals surface area contributed by atoms with E-state index in [2.05, 4.69) is 5.32 Å². The molecule has 0 bridgehead atoms. The van der Waals surface area contributed by atoms with Gasteiger partial charge < -0.3 is 10.4 Å². The smallest absolute Gasteiger partial charge is 0.271 e. The highest BCUT2D eigenvalue weighted by molar-refractivity contribution is 6.35. The maximum absolute atomic E-state index is 12.5. The molecule has 0 spiro atoms. The molecular weight excluding hydrogens is 391 g/mol. The van der Waals surface area contributed by atoms with Crippen LogP contribution in [0.5, 0.6) is 5.75 Å². The standard InChI is InChI=1S/C19H12Cl2N2O4/c20-15-9-14(18(24)10-13(15)11-4-2-1-3-5-11)19(25)22-17-7-6-12(23(26)27)8-16(17)21/h1-10,24H,(H,22,25). The summed E-state index contributed by atoms with van der Waals surface area (Å²) in [6.45, 7) is 0. The summed E-state index contributed by atoms with van der Waals surface area (Å²) in [6.07, 6.45) is 0. The molecule has 3 aromatic carbocycles. The Morgan fingerprint density at radius 3 is 2.33 bits per heavy atom. The molecule has 0 unspecified atom stereocenters. The fraction of sp³-hybridized carbons (Fsp3) is 0. The van der Waals surface area contributed by atoms with Crippen LogP contribution in [0, 0.1) is 10.1 Å². The van der Waals surface area contributed by atoms with Gasteiger partial charge in [-0.15, -0.1) is 0 Å². The van der Waals surface area contributed by atoms with Crippen LogP contribution in [0.25, 0.3) is 11.1 Å². The highest BCUT2D eigenvalue weighted by Gasteiger charge is 2.18. The van der Waals surface area contributed by atoms with Crippen molar-refractivity contribution in [3.8, 4) is 16.9 Å². The number of hydrogen-bond acceptors (Lipinski definition) is 4. The largest absolute Gasteiger partial charge is 0.507 e. The zero-order valence-electron chi connectivity index (χ0n) is 13.6. The molecule has 136 valence electrons. The lowest BCUT2D eigenvalue weighted by Gasteiger charge is -2.11. The third-order valence-corrected chi connectivity index (χ3v) is 4.45. The third-order valence-electron chi connectivity index (χ3n) is 3.83. The molecule has 6 nitrogen and oxygen atoms in total. The summed E-state index contributed by atoms with van der Waals surface area (Å²) in [7, 11) is 0. The van der Waals surface area contributed by atoms with Gasteiger partial charge in [0.25, 0.3) is 11.6 Å². The Labute approximate surface area is 164 Å². The van der Waals surface area contributed by atoms with E-state index in [-0.39, 0.29) is 27.7 Å². The number of nitrogens with one attached hydrogen (secondary N) is 1. The first-order chi connectivity index (χ1) is 12.9. The summed E-state index contributed by atoms with van der Waals surface area (Å²) in [4.78, 5) is 22.6. The second-order valence-corrected chi connectivity index (χ2v) is 6.41. The van der Waals surface area contributed by atoms with Crippen LogP contribution in [0.2, 0.25) is 10.0 Å². The highest BCUT2D eigenvalue weighted by Crippen LogP contribution is 2.34. The Hall–Kier alpha value is -3.09. The first kappa shape index (κ1) is 18.7. The lowest BCUT2D eigenvalue weighted by molar-refractivity contribution is -0.384. The first-order valence-corrected chi connectivity index (χ1v) is 8.45. The van der Waals surface area contributed by atoms with Crippen molar-refractivity contribution in [2.24, 2.45) is 0 Å². The Balaban J connectivity index is 1.90. The van der Waals surface area contributed by atoms with Crippen molar-refractivity contribution < 1.29 is 14.8 Å². The number of phenols is 1. The Kier molecular flexibility index (Phi) is 5.30. The van der Waals surface area contributed by atoms with Gasteiger partial charge in [0.1, 0.15) is 5.75 Å². The average molecular weight is 403 g/mol. The average Bonchev–Trinajstić information content (AvgIpc) is 2.65. The van der Waals surface area contributed by atoms with Gasteiger partial charge in [-0.1, -0.05) is 53.5 Å². The van der Waals surface area contributed by atoms with E-state index in [1.165, 1.54) is 24.3 Å². The van der Waals surface area contributed by atoms with E-state index >= 15 is 0 Å². The van der Waals surface area contributed by atoms with Crippen LogP contribution >= 0.6 is 23.2 Å². The molecule has 0 aliphatic heterocycles. The molecule has 2 N–H and O–H groups in total. The van der Waals surface area contributed by atoms with Crippen molar-refractivity contribution in [2.45, 2.75) is 0 Å². The Bertz CT molecular complexity index is 1040. The molecule has 0 saturated heterocycles. The van der Waals surface area contributed by atoms with Crippen LogP contribution in [-0.2, 0) is 0 Å². The van der Waals surface area contributed by atoms with Gasteiger partial charge in [-0.3, -0.25) is 14.9 Å². The van der Waals surface area contributed by atoms with Crippen molar-refractivity contribution in [1.82, 2.24) is 0 Å². The van der Waals surface area contributed by atoms with Gasteiger partial charge in [-0.2, -0.15) is 0 Å². The Morgan fingerprint density at radius 1 is 1.00 bits per heavy atom. The topological polar surface area (TPSA) is 92.5 Å². The van der Waals surface area contributed by atoms with E-state index in [0.29, 0.717) is 10.6 Å². The quantitative estimate of drug-likeness (QED) is 0.443. The maximum atomic E-state index is 12.5. The lowest BCUT2D eigenvalue weighted by atomic mass is 10.0. The fourth-order valence-corrected chi connectivity index (χ4v) is 2.99. The number of carbonyl (C=O) groups excluding carboxylic acids is 1. The van der Waals surface area contributed by atoms with Crippen LogP contribution in [0.3, 0.4) is 0 Å². The number of nitrogens with zero attached hydrogens (tertiary/aromatic N) is 1. The minimum Gasteiger partial charge on any atom is -0.507 e. The zero-order valence-corrected chi connectivity index (χ0v) is 15.2. The normalized spacial score (nSPS) is 10.4. The molecule has 27 heavy (non-hydrogen) atoms. The van der Waals surface area contributed by atoms with Gasteiger partial charge in [0.05, 0.1) is 21.2 Å². The van der Waals surface area contributed by atoms with Crippen LogP contribution < -0.4 is 5.32 Å². The molecule has 8 heteroatoms. The number of phenolic OH excluding ortho intramolecular Hbond substituents is 1. The van der Waals surface area contributed by atoms with E-state index in [1.54, 1.807) is 0 Å². The minimum absolute atomic E-state index is 0.00374. The number of carbonyl (C=O) groups is 1. The summed E-state index contributed by atoms with van der Waals surface area (Å²) in [5.41, 5.74) is 1.31. The second-order valence-electron chi connectivity index (χ2n) is 5.59. The second kappa shape index (κ2) is 7.65. The molecule has 0 aromatic heterocycles. The first-order valence-electron chi connectivity index (χ1n) is 7.70. The molecule has 1 amide bonds. The SMILES string of the molecule is O=C(Nc1ccc([N+](=O)[O-])cc1Cl)c1cc(Cl)c(-c2ccccc2)cc1O. The molecule has 0 atom stereocenters. The van der Waals surface area contributed by atoms with Crippen molar-refractivity contribution in [3.63, 3.8) is 0 Å². The van der Waals surface area contributed by atoms with Crippen LogP contribution in [-0.4, -0.2) is 15.9 Å². The number of anilines is 1. The van der Waals surface area contributed by atoms with E-state index in [0.717, 1.165) is 11.6 Å². The number of rotatable bonds is 4. The molecule has 0 radical (unpaired) electrons. The van der Waals surface area contributed by atoms with Gasteiger partial charge in [-0.25, -0.2) is 0 Å². The molecule has 0 heterocycles. The van der Waals surface area contributed by atoms with Gasteiger partial charge in [0, 0.05) is 22.7 Å². The predicted octanol–water partition coefficient (Wildman–Crippen LogP) is 5.53. The maximum Gasteiger partial charge on any atom is 0.271 e. The van der Waals surface area contributed by atoms with Crippen LogP contribution in [0.1, 0.15) is 10.4 Å². The number of benzene rings is 3. The molecule has 3 aromatic rings. The molecule has 3 rings (SSSR count). The number of aromatic hydroxyl groups is 1. The van der Waals surface area contributed by atoms with Gasteiger partial charge in [-0.05, 0) is 23.8 Å². The van der Waals surface area contributed by atoms with Crippen LogP contribution in [0.4, 0.5) is 11.4 Å². The third kappa shape index (κ3) is 4.02.